The molecule has 76 valence electrons. The van der Waals surface area contributed by atoms with Crippen molar-refractivity contribution in [1.29, 1.82) is 0 Å². The molecule has 0 saturated carbocycles. The molecule has 0 aliphatic rings. The summed E-state index contributed by atoms with van der Waals surface area (Å²) in [5.74, 6) is -0.696. The average Bonchev–Trinajstić information content (AvgIpc) is 2.10. The van der Waals surface area contributed by atoms with E-state index in [0.717, 1.165) is 0 Å². The number of hydrogen-bond donors (Lipinski definition) is 1. The molecule has 0 radical (unpaired) electrons. The normalized spacial score (nSPS) is 9.93. The van der Waals surface area contributed by atoms with Crippen LogP contribution < -0.4 is 4.74 Å². The van der Waals surface area contributed by atoms with Crippen LogP contribution in [0.5, 0.6) is 5.75 Å². The predicted octanol–water partition coefficient (Wildman–Crippen LogP) is 3.20. The van der Waals surface area contributed by atoms with E-state index >= 15 is 0 Å². The molecule has 0 bridgehead atoms. The molecule has 1 rings (SSSR count). The number of ether oxygens (including phenoxy) is 1. The topological polar surface area (TPSA) is 46.5 Å². The summed E-state index contributed by atoms with van der Waals surface area (Å²) in [6.07, 6.45) is 0. The van der Waals surface area contributed by atoms with E-state index in [0.29, 0.717) is 16.8 Å². The lowest BCUT2D eigenvalue weighted by atomic mass is 10.2. The predicted molar refractivity (Wildman–Crippen MR) is 57.3 cm³/mol. The average molecular weight is 280 g/mol. The maximum Gasteiger partial charge on any atom is 0.337 e. The van der Waals surface area contributed by atoms with E-state index in [4.69, 9.17) is 21.4 Å². The Balaban J connectivity index is 3.24. The van der Waals surface area contributed by atoms with Crippen molar-refractivity contribution < 1.29 is 14.6 Å². The molecular formula is C9H8BrClO3. The molecule has 1 aromatic carbocycles. The van der Waals surface area contributed by atoms with Crippen LogP contribution in [0.2, 0.25) is 5.02 Å². The highest BCUT2D eigenvalue weighted by Crippen LogP contribution is 2.32. The third kappa shape index (κ3) is 2.39. The summed E-state index contributed by atoms with van der Waals surface area (Å²) in [6, 6.07) is 3.07. The van der Waals surface area contributed by atoms with Crippen molar-refractivity contribution >= 4 is 33.5 Å². The molecule has 0 aliphatic heterocycles. The molecular weight excluding hydrogens is 271 g/mol. The zero-order chi connectivity index (χ0) is 10.7. The summed E-state index contributed by atoms with van der Waals surface area (Å²) >= 11 is 9.01. The van der Waals surface area contributed by atoms with Crippen LogP contribution in [0, 0.1) is 0 Å². The second-order valence-corrected chi connectivity index (χ2v) is 3.80. The lowest BCUT2D eigenvalue weighted by molar-refractivity contribution is 0.0696. The maximum atomic E-state index is 10.8. The van der Waals surface area contributed by atoms with E-state index < -0.39 is 5.97 Å². The fourth-order valence-corrected chi connectivity index (χ4v) is 1.66. The van der Waals surface area contributed by atoms with Gasteiger partial charge in [-0.1, -0.05) is 27.5 Å². The fraction of sp³-hybridized carbons (Fsp3) is 0.222. The van der Waals surface area contributed by atoms with Gasteiger partial charge in [0.2, 0.25) is 0 Å². The number of carboxylic acids is 1. The Morgan fingerprint density at radius 1 is 1.64 bits per heavy atom. The van der Waals surface area contributed by atoms with Crippen LogP contribution in [-0.2, 0) is 0 Å². The molecule has 14 heavy (non-hydrogen) atoms. The zero-order valence-corrected chi connectivity index (χ0v) is 9.72. The maximum absolute atomic E-state index is 10.8. The van der Waals surface area contributed by atoms with E-state index in [1.807, 2.05) is 0 Å². The van der Waals surface area contributed by atoms with Gasteiger partial charge >= 0.3 is 5.97 Å². The number of carboxylic acid groups (broad SMARTS) is 1. The van der Waals surface area contributed by atoms with Crippen molar-refractivity contribution in [2.75, 3.05) is 6.61 Å². The number of carbonyl (C=O) groups is 1. The van der Waals surface area contributed by atoms with Gasteiger partial charge in [-0.15, -0.1) is 0 Å². The summed E-state index contributed by atoms with van der Waals surface area (Å²) in [5.41, 5.74) is 0.0319. The van der Waals surface area contributed by atoms with E-state index in [1.54, 1.807) is 13.0 Å². The van der Waals surface area contributed by atoms with Crippen molar-refractivity contribution in [2.45, 2.75) is 6.92 Å². The van der Waals surface area contributed by atoms with Crippen molar-refractivity contribution in [1.82, 2.24) is 0 Å². The molecule has 5 heteroatoms. The largest absolute Gasteiger partial charge is 0.492 e. The first-order valence-corrected chi connectivity index (χ1v) is 5.08. The van der Waals surface area contributed by atoms with Gasteiger partial charge in [-0.3, -0.25) is 0 Å². The van der Waals surface area contributed by atoms with Gasteiger partial charge in [0, 0.05) is 4.47 Å². The molecule has 0 fully saturated rings. The molecule has 0 spiro atoms. The first-order valence-electron chi connectivity index (χ1n) is 3.91. The number of rotatable bonds is 3. The van der Waals surface area contributed by atoms with Crippen LogP contribution >= 0.6 is 27.5 Å². The Morgan fingerprint density at radius 3 is 2.79 bits per heavy atom. The number of aromatic carboxylic acids is 1. The Morgan fingerprint density at radius 2 is 2.29 bits per heavy atom. The number of benzene rings is 1. The smallest absolute Gasteiger partial charge is 0.337 e. The van der Waals surface area contributed by atoms with Gasteiger partial charge in [-0.25, -0.2) is 4.79 Å². The standard InChI is InChI=1S/C9H8BrClO3/c1-2-14-7-4-5(10)3-6(8(7)11)9(12)13/h3-4H,2H2,1H3,(H,12,13). The van der Waals surface area contributed by atoms with Crippen molar-refractivity contribution in [3.05, 3.63) is 27.2 Å². The van der Waals surface area contributed by atoms with Gasteiger partial charge in [0.15, 0.2) is 0 Å². The minimum Gasteiger partial charge on any atom is -0.492 e. The summed E-state index contributed by atoms with van der Waals surface area (Å²) in [5, 5.41) is 8.95. The summed E-state index contributed by atoms with van der Waals surface area (Å²) < 4.78 is 5.81. The van der Waals surface area contributed by atoms with Crippen molar-refractivity contribution in [3.8, 4) is 5.75 Å². The molecule has 1 aromatic rings. The summed E-state index contributed by atoms with van der Waals surface area (Å²) in [7, 11) is 0. The van der Waals surface area contributed by atoms with Gasteiger partial charge in [0.05, 0.1) is 17.2 Å². The number of halogens is 2. The van der Waals surface area contributed by atoms with Gasteiger partial charge in [-0.05, 0) is 19.1 Å². The van der Waals surface area contributed by atoms with E-state index in [1.165, 1.54) is 6.07 Å². The van der Waals surface area contributed by atoms with Crippen LogP contribution in [0.4, 0.5) is 0 Å². The zero-order valence-electron chi connectivity index (χ0n) is 7.38. The number of hydrogen-bond acceptors (Lipinski definition) is 2. The Labute approximate surface area is 94.8 Å². The molecule has 0 aliphatic carbocycles. The monoisotopic (exact) mass is 278 g/mol. The van der Waals surface area contributed by atoms with E-state index in [-0.39, 0.29) is 10.6 Å². The third-order valence-electron chi connectivity index (χ3n) is 1.53. The molecule has 0 atom stereocenters. The molecule has 0 amide bonds. The first kappa shape index (κ1) is 11.3. The molecule has 0 aromatic heterocycles. The van der Waals surface area contributed by atoms with Gasteiger partial charge in [0.1, 0.15) is 5.75 Å². The highest BCUT2D eigenvalue weighted by Gasteiger charge is 2.14. The fourth-order valence-electron chi connectivity index (χ4n) is 0.980. The van der Waals surface area contributed by atoms with Gasteiger partial charge in [0.25, 0.3) is 0 Å². The quantitative estimate of drug-likeness (QED) is 0.924. The Kier molecular flexibility index (Phi) is 3.77. The highest BCUT2D eigenvalue weighted by molar-refractivity contribution is 9.10. The molecule has 1 N–H and O–H groups in total. The van der Waals surface area contributed by atoms with Crippen LogP contribution in [0.1, 0.15) is 17.3 Å². The lowest BCUT2D eigenvalue weighted by Crippen LogP contribution is -2.00. The van der Waals surface area contributed by atoms with Gasteiger partial charge < -0.3 is 9.84 Å². The lowest BCUT2D eigenvalue weighted by Gasteiger charge is -2.08. The van der Waals surface area contributed by atoms with Crippen molar-refractivity contribution in [2.24, 2.45) is 0 Å². The second kappa shape index (κ2) is 4.66. The first-order chi connectivity index (χ1) is 6.56. The molecule has 0 heterocycles. The molecule has 0 saturated heterocycles. The van der Waals surface area contributed by atoms with Crippen LogP contribution in [0.15, 0.2) is 16.6 Å². The highest BCUT2D eigenvalue weighted by atomic mass is 79.9. The van der Waals surface area contributed by atoms with Crippen LogP contribution in [-0.4, -0.2) is 17.7 Å². The van der Waals surface area contributed by atoms with Crippen molar-refractivity contribution in [3.63, 3.8) is 0 Å². The van der Waals surface area contributed by atoms with E-state index in [9.17, 15) is 4.79 Å². The van der Waals surface area contributed by atoms with Crippen LogP contribution in [0.25, 0.3) is 0 Å². The molecule has 3 nitrogen and oxygen atoms in total. The van der Waals surface area contributed by atoms with Crippen LogP contribution in [0.3, 0.4) is 0 Å². The molecule has 0 unspecified atom stereocenters. The van der Waals surface area contributed by atoms with E-state index in [2.05, 4.69) is 15.9 Å². The third-order valence-corrected chi connectivity index (χ3v) is 2.38. The van der Waals surface area contributed by atoms with Gasteiger partial charge in [-0.2, -0.15) is 0 Å². The minimum absolute atomic E-state index is 0.0319. The summed E-state index contributed by atoms with van der Waals surface area (Å²) in [4.78, 5) is 10.8. The minimum atomic E-state index is -1.07. The summed E-state index contributed by atoms with van der Waals surface area (Å²) in [6.45, 7) is 2.24. The Hall–Kier alpha value is -0.740. The SMILES string of the molecule is CCOc1cc(Br)cc(C(=O)O)c1Cl. The Bertz CT molecular complexity index is 365. The second-order valence-electron chi connectivity index (χ2n) is 2.50.